The smallest absolute Gasteiger partial charge is 0.159 e. The molecule has 0 aliphatic carbocycles. The molecule has 11 aromatic rings. The van der Waals surface area contributed by atoms with Crippen LogP contribution in [-0.2, 0) is 0 Å². The maximum absolute atomic E-state index is 6.53. The summed E-state index contributed by atoms with van der Waals surface area (Å²) < 4.78 is 15.4. The van der Waals surface area contributed by atoms with E-state index in [1.54, 1.807) is 0 Å². The van der Waals surface area contributed by atoms with Crippen LogP contribution in [0.2, 0.25) is 0 Å². The quantitative estimate of drug-likeness (QED) is 0.192. The van der Waals surface area contributed by atoms with Crippen LogP contribution in [0.1, 0.15) is 22.9 Å². The molecule has 0 radical (unpaired) electrons. The molecule has 12 rings (SSSR count). The zero-order valence-corrected chi connectivity index (χ0v) is 30.6. The monoisotopic (exact) mass is 732 g/mol. The van der Waals surface area contributed by atoms with Gasteiger partial charge in [0.15, 0.2) is 5.84 Å². The summed E-state index contributed by atoms with van der Waals surface area (Å²) in [5.74, 6) is 1.45. The fourth-order valence-corrected chi connectivity index (χ4v) is 8.56. The third-order valence-corrected chi connectivity index (χ3v) is 11.3. The van der Waals surface area contributed by atoms with Crippen LogP contribution in [-0.4, -0.2) is 16.2 Å². The number of fused-ring (bicyclic) bond motifs is 10. The van der Waals surface area contributed by atoms with E-state index in [1.807, 2.05) is 60.7 Å². The van der Waals surface area contributed by atoms with Crippen molar-refractivity contribution >= 4 is 77.4 Å². The molecule has 1 atom stereocenters. The Labute approximate surface area is 326 Å². The number of aromatic nitrogens is 1. The van der Waals surface area contributed by atoms with Gasteiger partial charge in [-0.2, -0.15) is 0 Å². The van der Waals surface area contributed by atoms with Crippen molar-refractivity contribution in [1.82, 2.24) is 9.88 Å². The molecular formula is C51H32N4O2. The SMILES string of the molecule is c1ccc(C2=NC(c3ccccc3)NC(c3ccc4c(c3)oc3ccc(-c5cccc(-n6c7ccccc7c7c8oc9ccccc9c8ccc76)c5)cc34)=N2)cc1. The molecule has 1 N–H and O–H groups in total. The lowest BCUT2D eigenvalue weighted by Gasteiger charge is -2.23. The van der Waals surface area contributed by atoms with E-state index in [-0.39, 0.29) is 6.17 Å². The maximum Gasteiger partial charge on any atom is 0.159 e. The molecule has 1 unspecified atom stereocenters. The van der Waals surface area contributed by atoms with Crippen molar-refractivity contribution in [3.63, 3.8) is 0 Å². The molecule has 1 aliphatic heterocycles. The first-order valence-corrected chi connectivity index (χ1v) is 19.2. The van der Waals surface area contributed by atoms with Gasteiger partial charge in [0, 0.05) is 43.7 Å². The summed E-state index contributed by atoms with van der Waals surface area (Å²) in [6.45, 7) is 0. The van der Waals surface area contributed by atoms with Crippen LogP contribution >= 0.6 is 0 Å². The Hall–Kier alpha value is -7.70. The van der Waals surface area contributed by atoms with Crippen LogP contribution in [0.4, 0.5) is 0 Å². The van der Waals surface area contributed by atoms with Gasteiger partial charge >= 0.3 is 0 Å². The van der Waals surface area contributed by atoms with Crippen LogP contribution in [0.5, 0.6) is 0 Å². The lowest BCUT2D eigenvalue weighted by atomic mass is 10.0. The van der Waals surface area contributed by atoms with Crippen LogP contribution in [0, 0.1) is 0 Å². The molecule has 0 bridgehead atoms. The van der Waals surface area contributed by atoms with Crippen molar-refractivity contribution < 1.29 is 8.83 Å². The summed E-state index contributed by atoms with van der Waals surface area (Å²) in [6.07, 6.45) is -0.271. The molecule has 57 heavy (non-hydrogen) atoms. The molecule has 268 valence electrons. The summed E-state index contributed by atoms with van der Waals surface area (Å²) in [5.41, 5.74) is 12.0. The van der Waals surface area contributed by atoms with Gasteiger partial charge in [0.05, 0.1) is 16.4 Å². The Morgan fingerprint density at radius 2 is 1.16 bits per heavy atom. The Kier molecular flexibility index (Phi) is 6.89. The number of benzene rings is 8. The van der Waals surface area contributed by atoms with Crippen molar-refractivity contribution in [2.24, 2.45) is 9.98 Å². The first kappa shape index (κ1) is 31.6. The van der Waals surface area contributed by atoms with Crippen LogP contribution in [0.25, 0.3) is 82.5 Å². The van der Waals surface area contributed by atoms with Crippen molar-refractivity contribution in [3.8, 4) is 16.8 Å². The third-order valence-electron chi connectivity index (χ3n) is 11.3. The van der Waals surface area contributed by atoms with Gasteiger partial charge in [-0.3, -0.25) is 0 Å². The molecule has 4 heterocycles. The lowest BCUT2D eigenvalue weighted by Crippen LogP contribution is -2.33. The van der Waals surface area contributed by atoms with Crippen molar-refractivity contribution in [3.05, 3.63) is 199 Å². The zero-order chi connectivity index (χ0) is 37.5. The minimum absolute atomic E-state index is 0.271. The first-order chi connectivity index (χ1) is 28.2. The number of para-hydroxylation sites is 2. The highest BCUT2D eigenvalue weighted by molar-refractivity contribution is 6.24. The normalized spacial score (nSPS) is 14.5. The Morgan fingerprint density at radius 3 is 2.05 bits per heavy atom. The number of rotatable bonds is 5. The fourth-order valence-electron chi connectivity index (χ4n) is 8.56. The van der Waals surface area contributed by atoms with Gasteiger partial charge in [0.2, 0.25) is 0 Å². The molecule has 0 saturated carbocycles. The van der Waals surface area contributed by atoms with Gasteiger partial charge in [-0.15, -0.1) is 0 Å². The van der Waals surface area contributed by atoms with E-state index >= 15 is 0 Å². The number of hydrogen-bond acceptors (Lipinski definition) is 5. The summed E-state index contributed by atoms with van der Waals surface area (Å²) in [7, 11) is 0. The summed E-state index contributed by atoms with van der Waals surface area (Å²) in [5, 5.41) is 10.3. The number of amidine groups is 2. The second kappa shape index (κ2) is 12.4. The number of aliphatic imine (C=N–C) groups is 2. The fraction of sp³-hybridized carbons (Fsp3) is 0.0196. The van der Waals surface area contributed by atoms with Gasteiger partial charge in [-0.25, -0.2) is 9.98 Å². The largest absolute Gasteiger partial charge is 0.456 e. The van der Waals surface area contributed by atoms with E-state index in [0.29, 0.717) is 5.84 Å². The van der Waals surface area contributed by atoms with E-state index in [9.17, 15) is 0 Å². The maximum atomic E-state index is 6.53. The predicted molar refractivity (Wildman–Crippen MR) is 233 cm³/mol. The average Bonchev–Trinajstić information content (AvgIpc) is 3.96. The van der Waals surface area contributed by atoms with Crippen molar-refractivity contribution in [2.75, 3.05) is 0 Å². The van der Waals surface area contributed by atoms with E-state index in [4.69, 9.17) is 18.8 Å². The number of hydrogen-bond donors (Lipinski definition) is 1. The zero-order valence-electron chi connectivity index (χ0n) is 30.6. The molecule has 8 aromatic carbocycles. The van der Waals surface area contributed by atoms with Crippen LogP contribution < -0.4 is 5.32 Å². The van der Waals surface area contributed by atoms with Gasteiger partial charge in [-0.05, 0) is 77.4 Å². The lowest BCUT2D eigenvalue weighted by molar-refractivity contribution is 0.666. The number of nitrogens with one attached hydrogen (secondary N) is 1. The minimum atomic E-state index is -0.271. The number of nitrogens with zero attached hydrogens (tertiary/aromatic N) is 3. The molecule has 6 heteroatoms. The molecule has 0 spiro atoms. The molecule has 1 aliphatic rings. The predicted octanol–water partition coefficient (Wildman–Crippen LogP) is 12.7. The van der Waals surface area contributed by atoms with E-state index in [2.05, 4.69) is 131 Å². The highest BCUT2D eigenvalue weighted by atomic mass is 16.3. The molecule has 0 amide bonds. The van der Waals surface area contributed by atoms with Gasteiger partial charge in [0.1, 0.15) is 34.3 Å². The molecule has 0 saturated heterocycles. The molecule has 0 fully saturated rings. The minimum Gasteiger partial charge on any atom is -0.456 e. The number of furan rings is 2. The standard InChI is InChI=1S/C51H32N4O2/c1-3-12-31(13-4-1)49-52-50(32-14-5-2-6-15-32)54-51(53-49)35-22-24-38-41-29-34(23-27-45(41)56-46(38)30-35)33-16-11-17-36(28-33)55-42-20-9-7-19-40(42)47-43(55)26-25-39-37-18-8-10-21-44(37)57-48(39)47/h1-30,49H,(H,52,53,54). The van der Waals surface area contributed by atoms with Crippen LogP contribution in [0.15, 0.2) is 201 Å². The average molecular weight is 733 g/mol. The Balaban J connectivity index is 0.940. The topological polar surface area (TPSA) is 68.0 Å². The van der Waals surface area contributed by atoms with E-state index in [0.717, 1.165) is 99.6 Å². The van der Waals surface area contributed by atoms with Gasteiger partial charge in [-0.1, -0.05) is 121 Å². The molecule has 3 aromatic heterocycles. The highest BCUT2D eigenvalue weighted by Gasteiger charge is 2.23. The van der Waals surface area contributed by atoms with Crippen LogP contribution in [0.3, 0.4) is 0 Å². The highest BCUT2D eigenvalue weighted by Crippen LogP contribution is 2.41. The second-order valence-corrected chi connectivity index (χ2v) is 14.6. The third kappa shape index (κ3) is 5.04. The molecular weight excluding hydrogens is 701 g/mol. The Bertz CT molecular complexity index is 3440. The molecule has 6 nitrogen and oxygen atoms in total. The second-order valence-electron chi connectivity index (χ2n) is 14.6. The van der Waals surface area contributed by atoms with E-state index < -0.39 is 0 Å². The summed E-state index contributed by atoms with van der Waals surface area (Å²) in [4.78, 5) is 10.0. The summed E-state index contributed by atoms with van der Waals surface area (Å²) >= 11 is 0. The van der Waals surface area contributed by atoms with Crippen molar-refractivity contribution in [2.45, 2.75) is 6.17 Å². The summed E-state index contributed by atoms with van der Waals surface area (Å²) in [6, 6.07) is 63.3. The van der Waals surface area contributed by atoms with Gasteiger partial charge < -0.3 is 18.7 Å². The van der Waals surface area contributed by atoms with Gasteiger partial charge in [0.25, 0.3) is 0 Å². The van der Waals surface area contributed by atoms with Crippen molar-refractivity contribution in [1.29, 1.82) is 0 Å². The van der Waals surface area contributed by atoms with E-state index in [1.165, 1.54) is 5.39 Å². The Morgan fingerprint density at radius 1 is 0.456 bits per heavy atom. The first-order valence-electron chi connectivity index (χ1n) is 19.2.